The van der Waals surface area contributed by atoms with Gasteiger partial charge in [-0.1, -0.05) is 0 Å². The maximum atomic E-state index is 13.0. The Labute approximate surface area is 180 Å². The van der Waals surface area contributed by atoms with Gasteiger partial charge >= 0.3 is 6.18 Å². The molecule has 1 fully saturated rings. The Morgan fingerprint density at radius 3 is 2.38 bits per heavy atom. The number of rotatable bonds is 4. The lowest BCUT2D eigenvalue weighted by Crippen LogP contribution is -2.43. The van der Waals surface area contributed by atoms with Crippen LogP contribution in [-0.2, 0) is 17.5 Å². The van der Waals surface area contributed by atoms with Gasteiger partial charge < -0.3 is 10.2 Å². The van der Waals surface area contributed by atoms with E-state index >= 15 is 0 Å². The predicted molar refractivity (Wildman–Crippen MR) is 105 cm³/mol. The second-order valence-corrected chi connectivity index (χ2v) is 7.55. The number of likely N-dealkylation sites (tertiary alicyclic amines) is 1. The summed E-state index contributed by atoms with van der Waals surface area (Å²) >= 11 is 0. The molecule has 11 heteroatoms. The van der Waals surface area contributed by atoms with Crippen LogP contribution in [0.15, 0.2) is 42.6 Å². The zero-order valence-corrected chi connectivity index (χ0v) is 16.8. The summed E-state index contributed by atoms with van der Waals surface area (Å²) < 4.78 is 53.1. The molecule has 1 aliphatic rings. The normalized spacial score (nSPS) is 15.2. The molecule has 0 aliphatic carbocycles. The van der Waals surface area contributed by atoms with Crippen molar-refractivity contribution in [3.05, 3.63) is 65.4 Å². The SMILES string of the molecule is O=C(NCc1nnc2ccc(C(F)(F)F)cn12)C1CCN(C(=O)c2ccc(F)cc2)CC1. The van der Waals surface area contributed by atoms with Crippen LogP contribution in [0.1, 0.15) is 34.6 Å². The summed E-state index contributed by atoms with van der Waals surface area (Å²) in [6.45, 7) is 0.671. The second kappa shape index (κ2) is 8.56. The summed E-state index contributed by atoms with van der Waals surface area (Å²) in [5.74, 6) is -1.06. The number of halogens is 4. The molecule has 1 aromatic carbocycles. The monoisotopic (exact) mass is 449 g/mol. The molecule has 0 bridgehead atoms. The fourth-order valence-electron chi connectivity index (χ4n) is 3.66. The highest BCUT2D eigenvalue weighted by Gasteiger charge is 2.31. The number of fused-ring (bicyclic) bond motifs is 1. The highest BCUT2D eigenvalue weighted by Crippen LogP contribution is 2.29. The maximum absolute atomic E-state index is 13.0. The number of aromatic nitrogens is 3. The summed E-state index contributed by atoms with van der Waals surface area (Å²) in [4.78, 5) is 26.7. The minimum Gasteiger partial charge on any atom is -0.349 e. The van der Waals surface area contributed by atoms with Gasteiger partial charge in [-0.15, -0.1) is 10.2 Å². The summed E-state index contributed by atoms with van der Waals surface area (Å²) in [5.41, 5.74) is -0.211. The molecule has 1 N–H and O–H groups in total. The van der Waals surface area contributed by atoms with Crippen LogP contribution in [0.5, 0.6) is 0 Å². The number of pyridine rings is 1. The quantitative estimate of drug-likeness (QED) is 0.621. The Balaban J connectivity index is 1.34. The van der Waals surface area contributed by atoms with Crippen LogP contribution in [0.2, 0.25) is 0 Å². The van der Waals surface area contributed by atoms with E-state index in [-0.39, 0.29) is 35.7 Å². The number of nitrogens with zero attached hydrogens (tertiary/aromatic N) is 4. The predicted octanol–water partition coefficient (Wildman–Crippen LogP) is 3.06. The molecular formula is C21H19F4N5O2. The second-order valence-electron chi connectivity index (χ2n) is 7.55. The van der Waals surface area contributed by atoms with E-state index in [1.54, 1.807) is 4.90 Å². The first-order valence-electron chi connectivity index (χ1n) is 9.96. The molecule has 7 nitrogen and oxygen atoms in total. The van der Waals surface area contributed by atoms with Crippen LogP contribution < -0.4 is 5.32 Å². The number of amides is 2. The summed E-state index contributed by atoms with van der Waals surface area (Å²) in [7, 11) is 0. The van der Waals surface area contributed by atoms with Gasteiger partial charge in [0.05, 0.1) is 12.1 Å². The standard InChI is InChI=1S/C21H19F4N5O2/c22-16-4-1-14(2-5-16)20(32)29-9-7-13(8-10-29)19(31)26-11-18-28-27-17-6-3-15(12-30(17)18)21(23,24)25/h1-6,12-13H,7-11H2,(H,26,31). The number of benzene rings is 1. The number of carbonyl (C=O) groups excluding carboxylic acids is 2. The fraction of sp³-hybridized carbons (Fsp3) is 0.333. The highest BCUT2D eigenvalue weighted by atomic mass is 19.4. The Morgan fingerprint density at radius 2 is 1.72 bits per heavy atom. The molecule has 2 amide bonds. The summed E-state index contributed by atoms with van der Waals surface area (Å²) in [5, 5.41) is 10.4. The summed E-state index contributed by atoms with van der Waals surface area (Å²) in [6.07, 6.45) is -2.72. The van der Waals surface area contributed by atoms with Crippen LogP contribution >= 0.6 is 0 Å². The third-order valence-corrected chi connectivity index (χ3v) is 5.47. The molecule has 0 atom stereocenters. The lowest BCUT2D eigenvalue weighted by Gasteiger charge is -2.31. The van der Waals surface area contributed by atoms with Crippen molar-refractivity contribution in [3.63, 3.8) is 0 Å². The molecular weight excluding hydrogens is 430 g/mol. The van der Waals surface area contributed by atoms with Crippen LogP contribution in [0.25, 0.3) is 5.65 Å². The zero-order valence-electron chi connectivity index (χ0n) is 16.8. The van der Waals surface area contributed by atoms with Gasteiger partial charge in [-0.05, 0) is 49.2 Å². The average Bonchev–Trinajstić information content (AvgIpc) is 3.19. The van der Waals surface area contributed by atoms with Gasteiger partial charge in [0.25, 0.3) is 5.91 Å². The molecule has 2 aromatic heterocycles. The van der Waals surface area contributed by atoms with E-state index in [1.807, 2.05) is 0 Å². The van der Waals surface area contributed by atoms with Gasteiger partial charge in [0.15, 0.2) is 11.5 Å². The zero-order chi connectivity index (χ0) is 22.9. The third-order valence-electron chi connectivity index (χ3n) is 5.47. The molecule has 3 heterocycles. The van der Waals surface area contributed by atoms with E-state index in [1.165, 1.54) is 34.7 Å². The highest BCUT2D eigenvalue weighted by molar-refractivity contribution is 5.94. The minimum absolute atomic E-state index is 0.0734. The van der Waals surface area contributed by atoms with Gasteiger partial charge in [-0.3, -0.25) is 14.0 Å². The lowest BCUT2D eigenvalue weighted by molar-refractivity contribution is -0.138. The molecule has 0 unspecified atom stereocenters. The number of carbonyl (C=O) groups is 2. The van der Waals surface area contributed by atoms with E-state index in [0.29, 0.717) is 31.5 Å². The Morgan fingerprint density at radius 1 is 1.03 bits per heavy atom. The van der Waals surface area contributed by atoms with Crippen LogP contribution in [0.3, 0.4) is 0 Å². The van der Waals surface area contributed by atoms with Crippen LogP contribution in [0, 0.1) is 11.7 Å². The molecule has 32 heavy (non-hydrogen) atoms. The minimum atomic E-state index is -4.50. The molecule has 1 saturated heterocycles. The van der Waals surface area contributed by atoms with Crippen molar-refractivity contribution in [3.8, 4) is 0 Å². The number of alkyl halides is 3. The molecule has 0 spiro atoms. The summed E-state index contributed by atoms with van der Waals surface area (Å²) in [6, 6.07) is 7.42. The van der Waals surface area contributed by atoms with E-state index in [9.17, 15) is 27.2 Å². The third kappa shape index (κ3) is 4.56. The molecule has 3 aromatic rings. The maximum Gasteiger partial charge on any atom is 0.417 e. The molecule has 168 valence electrons. The van der Waals surface area contributed by atoms with Gasteiger partial charge in [0, 0.05) is 30.8 Å². The van der Waals surface area contributed by atoms with Crippen molar-refractivity contribution >= 4 is 17.5 Å². The smallest absolute Gasteiger partial charge is 0.349 e. The first-order chi connectivity index (χ1) is 15.2. The Kier molecular flexibility index (Phi) is 5.81. The van der Waals surface area contributed by atoms with Gasteiger partial charge in [-0.2, -0.15) is 13.2 Å². The van der Waals surface area contributed by atoms with Crippen LogP contribution in [0.4, 0.5) is 17.6 Å². The van der Waals surface area contributed by atoms with Crippen molar-refractivity contribution in [2.45, 2.75) is 25.6 Å². The molecule has 1 aliphatic heterocycles. The van der Waals surface area contributed by atoms with Gasteiger partial charge in [0.2, 0.25) is 5.91 Å². The van der Waals surface area contributed by atoms with E-state index in [2.05, 4.69) is 15.5 Å². The number of hydrogen-bond acceptors (Lipinski definition) is 4. The van der Waals surface area contributed by atoms with Crippen LogP contribution in [-0.4, -0.2) is 44.4 Å². The first kappa shape index (κ1) is 21.7. The van der Waals surface area contributed by atoms with Crippen molar-refractivity contribution in [2.24, 2.45) is 5.92 Å². The van der Waals surface area contributed by atoms with Crippen molar-refractivity contribution < 1.29 is 27.2 Å². The Bertz CT molecular complexity index is 1140. The van der Waals surface area contributed by atoms with E-state index in [0.717, 1.165) is 12.3 Å². The average molecular weight is 449 g/mol. The largest absolute Gasteiger partial charge is 0.417 e. The molecule has 0 radical (unpaired) electrons. The van der Waals surface area contributed by atoms with Crippen molar-refractivity contribution in [1.29, 1.82) is 0 Å². The van der Waals surface area contributed by atoms with Gasteiger partial charge in [-0.25, -0.2) is 4.39 Å². The topological polar surface area (TPSA) is 79.6 Å². The van der Waals surface area contributed by atoms with E-state index in [4.69, 9.17) is 0 Å². The van der Waals surface area contributed by atoms with E-state index < -0.39 is 17.6 Å². The fourth-order valence-corrected chi connectivity index (χ4v) is 3.66. The number of piperidine rings is 1. The van der Waals surface area contributed by atoms with Crippen molar-refractivity contribution in [1.82, 2.24) is 24.8 Å². The van der Waals surface area contributed by atoms with Crippen molar-refractivity contribution in [2.75, 3.05) is 13.1 Å². The number of nitrogens with one attached hydrogen (secondary N) is 1. The number of hydrogen-bond donors (Lipinski definition) is 1. The lowest BCUT2D eigenvalue weighted by atomic mass is 9.95. The van der Waals surface area contributed by atoms with Gasteiger partial charge in [0.1, 0.15) is 5.82 Å². The molecule has 4 rings (SSSR count). The molecule has 0 saturated carbocycles. The Hall–Kier alpha value is -3.50. The first-order valence-corrected chi connectivity index (χ1v) is 9.96.